The molecule has 1 aliphatic carbocycles. The minimum absolute atomic E-state index is 0.136. The normalized spacial score (nSPS) is 13.9. The Bertz CT molecular complexity index is 690. The van der Waals surface area contributed by atoms with E-state index in [9.17, 15) is 9.18 Å². The highest BCUT2D eigenvalue weighted by Crippen LogP contribution is 2.44. The molecule has 0 aliphatic heterocycles. The molecular formula is C16H15FN2O2S. The van der Waals surface area contributed by atoms with Crippen LogP contribution in [0.3, 0.4) is 0 Å². The largest absolute Gasteiger partial charge is 0.410 e. The number of hydrogen-bond donors (Lipinski definition) is 1. The molecule has 6 heteroatoms. The van der Waals surface area contributed by atoms with Gasteiger partial charge in [0.15, 0.2) is 11.6 Å². The van der Waals surface area contributed by atoms with Gasteiger partial charge in [0, 0.05) is 17.7 Å². The van der Waals surface area contributed by atoms with E-state index >= 15 is 0 Å². The third-order valence-electron chi connectivity index (χ3n) is 3.33. The van der Waals surface area contributed by atoms with Crippen LogP contribution in [0.1, 0.15) is 30.0 Å². The summed E-state index contributed by atoms with van der Waals surface area (Å²) in [5.41, 5.74) is 6.74. The summed E-state index contributed by atoms with van der Waals surface area (Å²) in [6, 6.07) is 11.0. The van der Waals surface area contributed by atoms with Crippen LogP contribution in [0.5, 0.6) is 5.75 Å². The summed E-state index contributed by atoms with van der Waals surface area (Å²) in [6.45, 7) is 0. The maximum atomic E-state index is 14.2. The van der Waals surface area contributed by atoms with E-state index in [4.69, 9.17) is 10.5 Å². The number of aromatic nitrogens is 1. The Morgan fingerprint density at radius 1 is 1.36 bits per heavy atom. The fourth-order valence-corrected chi connectivity index (χ4v) is 2.99. The molecule has 1 aliphatic rings. The van der Waals surface area contributed by atoms with Gasteiger partial charge in [-0.2, -0.15) is 0 Å². The molecule has 0 bridgehead atoms. The number of primary amides is 1. The van der Waals surface area contributed by atoms with Gasteiger partial charge in [-0.05, 0) is 18.4 Å². The van der Waals surface area contributed by atoms with E-state index in [1.807, 2.05) is 30.3 Å². The first-order valence-electron chi connectivity index (χ1n) is 6.98. The van der Waals surface area contributed by atoms with Crippen molar-refractivity contribution in [1.82, 2.24) is 4.98 Å². The van der Waals surface area contributed by atoms with Gasteiger partial charge >= 0.3 is 6.09 Å². The zero-order valence-electron chi connectivity index (χ0n) is 11.8. The van der Waals surface area contributed by atoms with Gasteiger partial charge in [0.2, 0.25) is 0 Å². The zero-order valence-corrected chi connectivity index (χ0v) is 12.6. The maximum absolute atomic E-state index is 14.2. The number of carbonyl (C=O) groups is 1. The van der Waals surface area contributed by atoms with Crippen LogP contribution >= 0.6 is 11.8 Å². The first kappa shape index (κ1) is 14.8. The number of amides is 1. The Kier molecular flexibility index (Phi) is 4.29. The number of hydrogen-bond acceptors (Lipinski definition) is 4. The van der Waals surface area contributed by atoms with Crippen LogP contribution in [0, 0.1) is 5.82 Å². The second-order valence-electron chi connectivity index (χ2n) is 5.13. The Morgan fingerprint density at radius 3 is 2.73 bits per heavy atom. The van der Waals surface area contributed by atoms with Crippen LogP contribution in [0.2, 0.25) is 0 Å². The van der Waals surface area contributed by atoms with Crippen molar-refractivity contribution in [3.05, 3.63) is 53.5 Å². The summed E-state index contributed by atoms with van der Waals surface area (Å²) < 4.78 is 19.0. The highest BCUT2D eigenvalue weighted by Gasteiger charge is 2.30. The monoisotopic (exact) mass is 318 g/mol. The number of nitrogens with two attached hydrogens (primary N) is 1. The van der Waals surface area contributed by atoms with E-state index in [2.05, 4.69) is 4.98 Å². The lowest BCUT2D eigenvalue weighted by Gasteiger charge is -2.10. The van der Waals surface area contributed by atoms with E-state index in [1.165, 1.54) is 17.8 Å². The summed E-state index contributed by atoms with van der Waals surface area (Å²) in [7, 11) is 0. The second-order valence-corrected chi connectivity index (χ2v) is 6.09. The SMILES string of the molecule is NC(=O)Oc1cc(F)c(SCc2ccccc2)nc1C1CC1. The average molecular weight is 318 g/mol. The first-order valence-corrected chi connectivity index (χ1v) is 7.96. The van der Waals surface area contributed by atoms with Gasteiger partial charge in [0.1, 0.15) is 5.03 Å². The van der Waals surface area contributed by atoms with E-state index < -0.39 is 11.9 Å². The van der Waals surface area contributed by atoms with Crippen LogP contribution in [0.25, 0.3) is 0 Å². The van der Waals surface area contributed by atoms with Gasteiger partial charge in [-0.15, -0.1) is 0 Å². The van der Waals surface area contributed by atoms with Crippen molar-refractivity contribution in [3.8, 4) is 5.75 Å². The van der Waals surface area contributed by atoms with E-state index in [-0.39, 0.29) is 11.7 Å². The minimum atomic E-state index is -0.951. The number of ether oxygens (including phenoxy) is 1. The number of carbonyl (C=O) groups excluding carboxylic acids is 1. The fourth-order valence-electron chi connectivity index (χ4n) is 2.14. The van der Waals surface area contributed by atoms with E-state index in [1.54, 1.807) is 0 Å². The Hall–Kier alpha value is -2.08. The predicted molar refractivity (Wildman–Crippen MR) is 82.4 cm³/mol. The topological polar surface area (TPSA) is 65.2 Å². The van der Waals surface area contributed by atoms with Gasteiger partial charge in [-0.25, -0.2) is 14.2 Å². The molecule has 1 fully saturated rings. The van der Waals surface area contributed by atoms with Gasteiger partial charge in [-0.3, -0.25) is 0 Å². The molecule has 1 saturated carbocycles. The zero-order chi connectivity index (χ0) is 15.5. The molecule has 0 spiro atoms. The van der Waals surface area contributed by atoms with Crippen LogP contribution in [-0.4, -0.2) is 11.1 Å². The fraction of sp³-hybridized carbons (Fsp3) is 0.250. The third kappa shape index (κ3) is 3.57. The molecule has 1 aromatic heterocycles. The number of rotatable bonds is 5. The molecule has 114 valence electrons. The summed E-state index contributed by atoms with van der Waals surface area (Å²) in [6.07, 6.45) is 0.986. The Balaban J connectivity index is 1.82. The second kappa shape index (κ2) is 6.36. The smallest absolute Gasteiger partial charge is 0.408 e. The maximum Gasteiger partial charge on any atom is 0.410 e. The number of benzene rings is 1. The molecule has 2 aromatic rings. The van der Waals surface area contributed by atoms with E-state index in [0.29, 0.717) is 16.5 Å². The molecule has 1 heterocycles. The highest BCUT2D eigenvalue weighted by atomic mass is 32.2. The van der Waals surface area contributed by atoms with Gasteiger partial charge in [0.25, 0.3) is 0 Å². The standard InChI is InChI=1S/C16H15FN2O2S/c17-12-8-13(21-16(18)20)14(11-6-7-11)19-15(12)22-9-10-4-2-1-3-5-10/h1-5,8,11H,6-7,9H2,(H2,18,20). The predicted octanol–water partition coefficient (Wildman–Crippen LogP) is 3.85. The summed E-state index contributed by atoms with van der Waals surface area (Å²) in [4.78, 5) is 15.3. The quantitative estimate of drug-likeness (QED) is 0.851. The van der Waals surface area contributed by atoms with Gasteiger partial charge in [0.05, 0.1) is 5.69 Å². The molecule has 0 saturated heterocycles. The van der Waals surface area contributed by atoms with Crippen LogP contribution < -0.4 is 10.5 Å². The first-order chi connectivity index (χ1) is 10.6. The molecule has 0 radical (unpaired) electrons. The Labute approximate surface area is 131 Å². The van der Waals surface area contributed by atoms with Crippen molar-refractivity contribution in [3.63, 3.8) is 0 Å². The van der Waals surface area contributed by atoms with Crippen molar-refractivity contribution in [1.29, 1.82) is 0 Å². The average Bonchev–Trinajstić information content (AvgIpc) is 3.31. The lowest BCUT2D eigenvalue weighted by molar-refractivity contribution is 0.210. The van der Waals surface area contributed by atoms with Crippen molar-refractivity contribution in [2.45, 2.75) is 29.5 Å². The molecule has 22 heavy (non-hydrogen) atoms. The molecule has 2 N–H and O–H groups in total. The number of halogens is 1. The molecule has 1 amide bonds. The van der Waals surface area contributed by atoms with Crippen molar-refractivity contribution in [2.24, 2.45) is 5.73 Å². The van der Waals surface area contributed by atoms with E-state index in [0.717, 1.165) is 18.4 Å². The van der Waals surface area contributed by atoms with Crippen molar-refractivity contribution in [2.75, 3.05) is 0 Å². The molecule has 0 unspecified atom stereocenters. The Morgan fingerprint density at radius 2 is 2.09 bits per heavy atom. The molecule has 1 aromatic carbocycles. The minimum Gasteiger partial charge on any atom is -0.408 e. The third-order valence-corrected chi connectivity index (χ3v) is 4.37. The lowest BCUT2D eigenvalue weighted by atomic mass is 10.2. The molecule has 4 nitrogen and oxygen atoms in total. The summed E-state index contributed by atoms with van der Waals surface area (Å²) >= 11 is 1.33. The summed E-state index contributed by atoms with van der Waals surface area (Å²) in [5.74, 6) is 0.495. The lowest BCUT2D eigenvalue weighted by Crippen LogP contribution is -2.17. The highest BCUT2D eigenvalue weighted by molar-refractivity contribution is 7.98. The van der Waals surface area contributed by atoms with Crippen molar-refractivity contribution >= 4 is 17.9 Å². The number of thioether (sulfide) groups is 1. The molecular weight excluding hydrogens is 303 g/mol. The van der Waals surface area contributed by atoms with Crippen LogP contribution in [0.4, 0.5) is 9.18 Å². The molecule has 3 rings (SSSR count). The van der Waals surface area contributed by atoms with Crippen LogP contribution in [-0.2, 0) is 5.75 Å². The van der Waals surface area contributed by atoms with Crippen molar-refractivity contribution < 1.29 is 13.9 Å². The summed E-state index contributed by atoms with van der Waals surface area (Å²) in [5, 5.41) is 0.322. The van der Waals surface area contributed by atoms with Gasteiger partial charge in [-0.1, -0.05) is 42.1 Å². The van der Waals surface area contributed by atoms with Crippen LogP contribution in [0.15, 0.2) is 41.4 Å². The number of nitrogens with zero attached hydrogens (tertiary/aromatic N) is 1. The number of pyridine rings is 1. The molecule has 0 atom stereocenters. The van der Waals surface area contributed by atoms with Gasteiger partial charge < -0.3 is 10.5 Å².